The molecule has 0 radical (unpaired) electrons. The van der Waals surface area contributed by atoms with Crippen molar-refractivity contribution >= 4 is 5.91 Å². The Balaban J connectivity index is 4.09. The minimum atomic E-state index is 0.115. The zero-order chi connectivity index (χ0) is 14.3. The predicted octanol–water partition coefficient (Wildman–Crippen LogP) is 2.94. The molecule has 0 aromatic heterocycles. The molecule has 0 fully saturated rings. The Bertz CT molecular complexity index is 243. The maximum atomic E-state index is 11.9. The second-order valence-corrected chi connectivity index (χ2v) is 6.78. The number of hydrogen-bond donors (Lipinski definition) is 2. The molecule has 2 unspecified atom stereocenters. The zero-order valence-corrected chi connectivity index (χ0v) is 13.0. The first kappa shape index (κ1) is 17.4. The molecule has 3 heteroatoms. The number of hydrogen-bond acceptors (Lipinski definition) is 2. The molecule has 0 aromatic carbocycles. The van der Waals surface area contributed by atoms with Crippen LogP contribution in [0.5, 0.6) is 0 Å². The fourth-order valence-corrected chi connectivity index (χ4v) is 1.87. The summed E-state index contributed by atoms with van der Waals surface area (Å²) in [5.41, 5.74) is 5.73. The highest BCUT2D eigenvalue weighted by Crippen LogP contribution is 2.21. The molecule has 2 atom stereocenters. The number of carbonyl (C=O) groups excluding carboxylic acids is 1. The highest BCUT2D eigenvalue weighted by molar-refractivity contribution is 5.76. The molecule has 0 bridgehead atoms. The van der Waals surface area contributed by atoms with Gasteiger partial charge in [0.05, 0.1) is 0 Å². The highest BCUT2D eigenvalue weighted by Gasteiger charge is 2.22. The fourth-order valence-electron chi connectivity index (χ4n) is 1.87. The molecule has 0 aliphatic heterocycles. The summed E-state index contributed by atoms with van der Waals surface area (Å²) in [6.07, 6.45) is 2.57. The Labute approximate surface area is 113 Å². The first-order valence-corrected chi connectivity index (χ1v) is 7.18. The van der Waals surface area contributed by atoms with Crippen LogP contribution in [0, 0.1) is 17.3 Å². The largest absolute Gasteiger partial charge is 0.353 e. The molecular formula is C15H32N2O. The van der Waals surface area contributed by atoms with E-state index in [0.717, 1.165) is 12.8 Å². The van der Waals surface area contributed by atoms with Crippen molar-refractivity contribution in [1.82, 2.24) is 5.32 Å². The van der Waals surface area contributed by atoms with Crippen LogP contribution in [0.3, 0.4) is 0 Å². The maximum Gasteiger partial charge on any atom is 0.220 e. The van der Waals surface area contributed by atoms with Crippen molar-refractivity contribution in [2.24, 2.45) is 23.0 Å². The van der Waals surface area contributed by atoms with Crippen molar-refractivity contribution in [3.63, 3.8) is 0 Å². The van der Waals surface area contributed by atoms with E-state index in [1.54, 1.807) is 0 Å². The van der Waals surface area contributed by atoms with Gasteiger partial charge < -0.3 is 11.1 Å². The van der Waals surface area contributed by atoms with Gasteiger partial charge in [-0.1, -0.05) is 34.6 Å². The molecule has 0 aliphatic rings. The van der Waals surface area contributed by atoms with Gasteiger partial charge in [-0.25, -0.2) is 0 Å². The van der Waals surface area contributed by atoms with Crippen molar-refractivity contribution in [1.29, 1.82) is 0 Å². The van der Waals surface area contributed by atoms with Crippen LogP contribution >= 0.6 is 0 Å². The van der Waals surface area contributed by atoms with Crippen molar-refractivity contribution in [2.75, 3.05) is 6.54 Å². The standard InChI is InChI=1S/C15H32N2O/c1-11(2)13(9-10-16)7-8-14(18)17-12(3)15(4,5)6/h11-13H,7-10,16H2,1-6H3,(H,17,18). The Kier molecular flexibility index (Phi) is 7.53. The van der Waals surface area contributed by atoms with Crippen LogP contribution in [0.1, 0.15) is 60.8 Å². The quantitative estimate of drug-likeness (QED) is 0.736. The van der Waals surface area contributed by atoms with Gasteiger partial charge in [-0.2, -0.15) is 0 Å². The van der Waals surface area contributed by atoms with Gasteiger partial charge in [0.1, 0.15) is 0 Å². The lowest BCUT2D eigenvalue weighted by Gasteiger charge is -2.28. The molecule has 0 saturated heterocycles. The zero-order valence-electron chi connectivity index (χ0n) is 13.0. The number of rotatable bonds is 7. The van der Waals surface area contributed by atoms with Crippen LogP contribution in [0.4, 0.5) is 0 Å². The molecule has 0 rings (SSSR count). The monoisotopic (exact) mass is 256 g/mol. The van der Waals surface area contributed by atoms with Gasteiger partial charge in [-0.15, -0.1) is 0 Å². The van der Waals surface area contributed by atoms with Gasteiger partial charge in [0.25, 0.3) is 0 Å². The minimum Gasteiger partial charge on any atom is -0.353 e. The lowest BCUT2D eigenvalue weighted by Crippen LogP contribution is -2.41. The number of carbonyl (C=O) groups is 1. The molecule has 0 aliphatic carbocycles. The Morgan fingerprint density at radius 1 is 1.17 bits per heavy atom. The predicted molar refractivity (Wildman–Crippen MR) is 78.3 cm³/mol. The van der Waals surface area contributed by atoms with E-state index < -0.39 is 0 Å². The third-order valence-corrected chi connectivity index (χ3v) is 3.90. The van der Waals surface area contributed by atoms with Crippen molar-refractivity contribution in [3.8, 4) is 0 Å². The second-order valence-electron chi connectivity index (χ2n) is 6.78. The van der Waals surface area contributed by atoms with Crippen LogP contribution in [0.15, 0.2) is 0 Å². The summed E-state index contributed by atoms with van der Waals surface area (Å²) in [4.78, 5) is 11.9. The van der Waals surface area contributed by atoms with Gasteiger partial charge in [0.15, 0.2) is 0 Å². The summed E-state index contributed by atoms with van der Waals surface area (Å²) in [7, 11) is 0. The van der Waals surface area contributed by atoms with E-state index in [2.05, 4.69) is 46.9 Å². The summed E-state index contributed by atoms with van der Waals surface area (Å²) in [5.74, 6) is 1.33. The third kappa shape index (κ3) is 7.00. The summed E-state index contributed by atoms with van der Waals surface area (Å²) in [6.45, 7) is 13.6. The fraction of sp³-hybridized carbons (Fsp3) is 0.933. The van der Waals surface area contributed by atoms with E-state index in [1.807, 2.05) is 0 Å². The molecule has 1 amide bonds. The van der Waals surface area contributed by atoms with Crippen molar-refractivity contribution in [2.45, 2.75) is 66.8 Å². The topological polar surface area (TPSA) is 55.1 Å². The van der Waals surface area contributed by atoms with E-state index in [9.17, 15) is 4.79 Å². The number of nitrogens with one attached hydrogen (secondary N) is 1. The first-order chi connectivity index (χ1) is 8.18. The van der Waals surface area contributed by atoms with E-state index in [1.165, 1.54) is 0 Å². The molecule has 3 nitrogen and oxygen atoms in total. The number of nitrogens with two attached hydrogens (primary N) is 1. The van der Waals surface area contributed by atoms with Crippen LogP contribution in [0.2, 0.25) is 0 Å². The molecule has 0 heterocycles. The van der Waals surface area contributed by atoms with Crippen LogP contribution in [-0.4, -0.2) is 18.5 Å². The average Bonchev–Trinajstić information content (AvgIpc) is 2.22. The SMILES string of the molecule is CC(C)C(CCN)CCC(=O)NC(C)C(C)(C)C. The lowest BCUT2D eigenvalue weighted by molar-refractivity contribution is -0.122. The summed E-state index contributed by atoms with van der Waals surface area (Å²) in [6, 6.07) is 0.206. The third-order valence-electron chi connectivity index (χ3n) is 3.90. The van der Waals surface area contributed by atoms with Crippen LogP contribution < -0.4 is 11.1 Å². The minimum absolute atomic E-state index is 0.115. The molecule has 108 valence electrons. The van der Waals surface area contributed by atoms with E-state index >= 15 is 0 Å². The summed E-state index contributed by atoms with van der Waals surface area (Å²) in [5, 5.41) is 3.09. The summed E-state index contributed by atoms with van der Waals surface area (Å²) >= 11 is 0. The second kappa shape index (κ2) is 7.78. The molecular weight excluding hydrogens is 224 g/mol. The van der Waals surface area contributed by atoms with Crippen molar-refractivity contribution in [3.05, 3.63) is 0 Å². The Hall–Kier alpha value is -0.570. The van der Waals surface area contributed by atoms with E-state index in [-0.39, 0.29) is 17.4 Å². The van der Waals surface area contributed by atoms with Gasteiger partial charge in [-0.3, -0.25) is 4.79 Å². The molecule has 18 heavy (non-hydrogen) atoms. The van der Waals surface area contributed by atoms with Crippen LogP contribution in [0.25, 0.3) is 0 Å². The van der Waals surface area contributed by atoms with Gasteiger partial charge >= 0.3 is 0 Å². The molecule has 3 N–H and O–H groups in total. The highest BCUT2D eigenvalue weighted by atomic mass is 16.1. The maximum absolute atomic E-state index is 11.9. The van der Waals surface area contributed by atoms with Gasteiger partial charge in [-0.05, 0) is 43.6 Å². The van der Waals surface area contributed by atoms with E-state index in [4.69, 9.17) is 5.73 Å². The smallest absolute Gasteiger partial charge is 0.220 e. The molecule has 0 aromatic rings. The Morgan fingerprint density at radius 2 is 1.72 bits per heavy atom. The van der Waals surface area contributed by atoms with Crippen LogP contribution in [-0.2, 0) is 4.79 Å². The van der Waals surface area contributed by atoms with Crippen molar-refractivity contribution < 1.29 is 4.79 Å². The van der Waals surface area contributed by atoms with E-state index in [0.29, 0.717) is 24.8 Å². The first-order valence-electron chi connectivity index (χ1n) is 7.18. The lowest BCUT2D eigenvalue weighted by atomic mass is 9.87. The average molecular weight is 256 g/mol. The van der Waals surface area contributed by atoms with Gasteiger partial charge in [0.2, 0.25) is 5.91 Å². The summed E-state index contributed by atoms with van der Waals surface area (Å²) < 4.78 is 0. The normalized spacial score (nSPS) is 15.6. The number of amides is 1. The molecule has 0 saturated carbocycles. The van der Waals surface area contributed by atoms with Gasteiger partial charge in [0, 0.05) is 12.5 Å². The Morgan fingerprint density at radius 3 is 2.11 bits per heavy atom. The molecule has 0 spiro atoms.